The summed E-state index contributed by atoms with van der Waals surface area (Å²) in [6.45, 7) is 1.38. The lowest BCUT2D eigenvalue weighted by atomic mass is 9.66. The summed E-state index contributed by atoms with van der Waals surface area (Å²) in [6.07, 6.45) is -4.80. The van der Waals surface area contributed by atoms with Gasteiger partial charge in [0.1, 0.15) is 24.9 Å². The summed E-state index contributed by atoms with van der Waals surface area (Å²) in [7, 11) is 2.88. The van der Waals surface area contributed by atoms with E-state index in [-0.39, 0.29) is 48.6 Å². The Morgan fingerprint density at radius 3 is 2.41 bits per heavy atom. The van der Waals surface area contributed by atoms with Crippen LogP contribution in [-0.2, 0) is 33.2 Å². The van der Waals surface area contributed by atoms with Crippen molar-refractivity contribution in [3.8, 4) is 28.7 Å². The molecule has 0 aromatic heterocycles. The number of aliphatic hydroxyl groups is 3. The highest BCUT2D eigenvalue weighted by Gasteiger charge is 2.55. The molecule has 2 aromatic carbocycles. The van der Waals surface area contributed by atoms with Crippen LogP contribution in [0.25, 0.3) is 0 Å². The summed E-state index contributed by atoms with van der Waals surface area (Å²) < 4.78 is 63.8. The predicted molar refractivity (Wildman–Crippen MR) is 168 cm³/mol. The van der Waals surface area contributed by atoms with E-state index in [4.69, 9.17) is 69.4 Å². The van der Waals surface area contributed by atoms with Crippen molar-refractivity contribution in [3.05, 3.63) is 41.0 Å². The second-order valence-corrected chi connectivity index (χ2v) is 12.7. The number of hydrogen-bond donors (Lipinski definition) is 3. The van der Waals surface area contributed by atoms with Crippen LogP contribution < -0.4 is 23.7 Å². The van der Waals surface area contributed by atoms with E-state index in [0.717, 1.165) is 0 Å². The highest BCUT2D eigenvalue weighted by atomic mass is 32.1. The molecule has 266 valence electrons. The third-order valence-electron chi connectivity index (χ3n) is 9.40. The van der Waals surface area contributed by atoms with Crippen molar-refractivity contribution < 1.29 is 72.2 Å². The number of rotatable bonds is 9. The molecule has 3 saturated heterocycles. The highest BCUT2D eigenvalue weighted by Crippen LogP contribution is 2.57. The molecule has 5 aliphatic rings. The summed E-state index contributed by atoms with van der Waals surface area (Å²) in [5, 5.41) is 29.5. The number of fused-ring (bicyclic) bond motifs is 4. The molecule has 0 saturated carbocycles. The van der Waals surface area contributed by atoms with Gasteiger partial charge in [0.2, 0.25) is 12.5 Å². The molecule has 0 bridgehead atoms. The van der Waals surface area contributed by atoms with Gasteiger partial charge in [0.15, 0.2) is 35.6 Å². The molecule has 16 heteroatoms. The number of cyclic esters (lactones) is 1. The van der Waals surface area contributed by atoms with Crippen LogP contribution in [0.5, 0.6) is 28.7 Å². The minimum Gasteiger partial charge on any atom is -0.493 e. The van der Waals surface area contributed by atoms with Gasteiger partial charge in [0, 0.05) is 30.5 Å². The molecule has 49 heavy (non-hydrogen) atoms. The van der Waals surface area contributed by atoms with E-state index in [1.807, 2.05) is 12.1 Å². The summed E-state index contributed by atoms with van der Waals surface area (Å²) in [5.74, 6) is -0.635. The zero-order valence-corrected chi connectivity index (χ0v) is 27.8. The fourth-order valence-electron chi connectivity index (χ4n) is 7.12. The van der Waals surface area contributed by atoms with Gasteiger partial charge in [0.05, 0.1) is 52.2 Å². The quantitative estimate of drug-likeness (QED) is 0.253. The fourth-order valence-corrected chi connectivity index (χ4v) is 7.27. The minimum absolute atomic E-state index is 0.0280. The van der Waals surface area contributed by atoms with Crippen LogP contribution in [-0.4, -0.2) is 111 Å². The van der Waals surface area contributed by atoms with Crippen LogP contribution in [0.3, 0.4) is 0 Å². The number of thiocarbonyl (C=S) groups is 1. The largest absolute Gasteiger partial charge is 0.493 e. The molecule has 2 aromatic rings. The molecule has 10 atom stereocenters. The number of methoxy groups -OCH3 is 2. The first-order valence-electron chi connectivity index (χ1n) is 15.9. The first-order chi connectivity index (χ1) is 23.7. The zero-order valence-electron chi connectivity index (χ0n) is 27.0. The third-order valence-corrected chi connectivity index (χ3v) is 9.61. The van der Waals surface area contributed by atoms with Gasteiger partial charge in [-0.2, -0.15) is 0 Å². The number of esters is 1. The van der Waals surface area contributed by atoms with Crippen molar-refractivity contribution in [1.29, 1.82) is 0 Å². The summed E-state index contributed by atoms with van der Waals surface area (Å²) >= 11 is 5.18. The van der Waals surface area contributed by atoms with Gasteiger partial charge in [-0.25, -0.2) is 0 Å². The fraction of sp³-hybridized carbons (Fsp3) is 0.576. The lowest BCUT2D eigenvalue weighted by Crippen LogP contribution is -2.55. The van der Waals surface area contributed by atoms with E-state index in [1.165, 1.54) is 14.2 Å². The Kier molecular flexibility index (Phi) is 9.73. The Morgan fingerprint density at radius 2 is 1.71 bits per heavy atom. The van der Waals surface area contributed by atoms with Gasteiger partial charge in [-0.05, 0) is 47.9 Å². The lowest BCUT2D eigenvalue weighted by molar-refractivity contribution is -0.340. The summed E-state index contributed by atoms with van der Waals surface area (Å²) in [4.78, 5) is 13.6. The van der Waals surface area contributed by atoms with Crippen LogP contribution in [0, 0.1) is 11.8 Å². The minimum atomic E-state index is -1.15. The normalized spacial score (nSPS) is 31.9. The average Bonchev–Trinajstić information content (AvgIpc) is 3.72. The van der Waals surface area contributed by atoms with Gasteiger partial charge in [0.25, 0.3) is 0 Å². The molecule has 7 rings (SSSR count). The lowest BCUT2D eigenvalue weighted by Gasteiger charge is -2.45. The van der Waals surface area contributed by atoms with E-state index in [9.17, 15) is 15.0 Å². The summed E-state index contributed by atoms with van der Waals surface area (Å²) in [5.41, 5.74) is 2.07. The number of ether oxygens (including phenoxy) is 11. The monoisotopic (exact) mass is 706 g/mol. The molecule has 0 spiro atoms. The number of aliphatic hydroxyl groups excluding tert-OH is 3. The van der Waals surface area contributed by atoms with Crippen molar-refractivity contribution in [1.82, 2.24) is 0 Å². The van der Waals surface area contributed by atoms with Gasteiger partial charge in [-0.3, -0.25) is 4.79 Å². The first-order valence-corrected chi connectivity index (χ1v) is 16.3. The van der Waals surface area contributed by atoms with Crippen LogP contribution in [0.4, 0.5) is 0 Å². The maximum atomic E-state index is 13.6. The van der Waals surface area contributed by atoms with Gasteiger partial charge < -0.3 is 67.4 Å². The van der Waals surface area contributed by atoms with Gasteiger partial charge in [-0.1, -0.05) is 0 Å². The second kappa shape index (κ2) is 14.0. The van der Waals surface area contributed by atoms with E-state index in [0.29, 0.717) is 41.2 Å². The Labute approximate surface area is 286 Å². The second-order valence-electron chi connectivity index (χ2n) is 12.4. The molecular weight excluding hydrogens is 668 g/mol. The van der Waals surface area contributed by atoms with Crippen molar-refractivity contribution in [2.45, 2.75) is 62.4 Å². The van der Waals surface area contributed by atoms with Crippen LogP contribution in [0.2, 0.25) is 0 Å². The number of carbonyl (C=O) groups is 1. The van der Waals surface area contributed by atoms with E-state index < -0.39 is 67.3 Å². The molecular formula is C33H38O15S. The standard InChI is InChI=1S/C33H38O15S/c1-14-40-12-26-23(45-14)8-20(36)32(46-26)47-29-18-7-22-21(43-13-44-22)6-17(18)27(28-19(29)11-41-31(28)37)15-4-24(38-2)30(25(5-15)39-3)48-33(49)42-10-16(35)9-34/h4-7,14,16,19-20,23,26-29,32,34-36H,8-13H2,1-3H3. The third kappa shape index (κ3) is 6.47. The molecule has 1 aliphatic carbocycles. The zero-order chi connectivity index (χ0) is 34.4. The molecule has 4 aliphatic heterocycles. The van der Waals surface area contributed by atoms with E-state index in [1.54, 1.807) is 19.1 Å². The Hall–Kier alpha value is -3.48. The maximum Gasteiger partial charge on any atom is 0.358 e. The predicted octanol–water partition coefficient (Wildman–Crippen LogP) is 1.70. The molecule has 15 nitrogen and oxygen atoms in total. The van der Waals surface area contributed by atoms with Gasteiger partial charge >= 0.3 is 11.2 Å². The molecule has 0 radical (unpaired) electrons. The van der Waals surface area contributed by atoms with E-state index >= 15 is 0 Å². The Morgan fingerprint density at radius 1 is 1.00 bits per heavy atom. The SMILES string of the molecule is COc1cc(C2c3cc4c(cc3C(OC3OC5COC(C)OC5CC3O)C3COC(=O)C23)OCO4)cc(OC)c1OC(=S)OCC(O)CO. The molecule has 10 unspecified atom stereocenters. The Balaban J connectivity index is 1.26. The number of hydrogen-bond acceptors (Lipinski definition) is 16. The Bertz CT molecular complexity index is 1540. The number of carbonyl (C=O) groups excluding carboxylic acids is 1. The topological polar surface area (TPSA) is 179 Å². The van der Waals surface area contributed by atoms with Crippen molar-refractivity contribution in [2.24, 2.45) is 11.8 Å². The smallest absolute Gasteiger partial charge is 0.358 e. The highest BCUT2D eigenvalue weighted by molar-refractivity contribution is 7.79. The molecule has 3 fully saturated rings. The number of benzene rings is 2. The van der Waals surface area contributed by atoms with E-state index in [2.05, 4.69) is 0 Å². The van der Waals surface area contributed by atoms with Crippen LogP contribution in [0.1, 0.15) is 42.1 Å². The van der Waals surface area contributed by atoms with Gasteiger partial charge in [-0.15, -0.1) is 0 Å². The molecule has 3 N–H and O–H groups in total. The van der Waals surface area contributed by atoms with Crippen LogP contribution in [0.15, 0.2) is 24.3 Å². The first kappa shape index (κ1) is 34.0. The van der Waals surface area contributed by atoms with Crippen molar-refractivity contribution >= 4 is 23.4 Å². The van der Waals surface area contributed by atoms with Crippen LogP contribution >= 0.6 is 12.2 Å². The van der Waals surface area contributed by atoms with Crippen molar-refractivity contribution in [3.63, 3.8) is 0 Å². The molecule has 0 amide bonds. The average molecular weight is 707 g/mol. The van der Waals surface area contributed by atoms with Crippen molar-refractivity contribution in [2.75, 3.05) is 47.4 Å². The maximum absolute atomic E-state index is 13.6. The summed E-state index contributed by atoms with van der Waals surface area (Å²) in [6, 6.07) is 7.09. The molecule has 4 heterocycles.